The Kier molecular flexibility index (Phi) is 4.32. The first-order chi connectivity index (χ1) is 9.81. The average Bonchev–Trinajstić information content (AvgIpc) is 2.88. The summed E-state index contributed by atoms with van der Waals surface area (Å²) in [5, 5.41) is 3.71. The van der Waals surface area contributed by atoms with Crippen molar-refractivity contribution in [3.63, 3.8) is 0 Å². The monoisotopic (exact) mass is 301 g/mol. The highest BCUT2D eigenvalue weighted by molar-refractivity contribution is 5.41. The second-order valence-electron chi connectivity index (χ2n) is 4.82. The Labute approximate surface area is 119 Å². The molecule has 21 heavy (non-hydrogen) atoms. The molecule has 1 aromatic heterocycles. The van der Waals surface area contributed by atoms with Gasteiger partial charge in [0.1, 0.15) is 5.82 Å². The Morgan fingerprint density at radius 1 is 1.33 bits per heavy atom. The highest BCUT2D eigenvalue weighted by Gasteiger charge is 2.32. The minimum Gasteiger partial charge on any atom is -0.327 e. The molecule has 7 heteroatoms. The number of nitrogens with zero attached hydrogens (tertiary/aromatic N) is 2. The van der Waals surface area contributed by atoms with Gasteiger partial charge in [-0.25, -0.2) is 9.07 Å². The van der Waals surface area contributed by atoms with Crippen LogP contribution in [0.15, 0.2) is 30.6 Å². The molecular formula is C14H15F4N3. The first kappa shape index (κ1) is 15.5. The van der Waals surface area contributed by atoms with Gasteiger partial charge in [-0.1, -0.05) is 6.92 Å². The maximum atomic E-state index is 13.4. The summed E-state index contributed by atoms with van der Waals surface area (Å²) in [6, 6.07) is 3.67. The lowest BCUT2D eigenvalue weighted by Crippen LogP contribution is -2.22. The Morgan fingerprint density at radius 2 is 2.05 bits per heavy atom. The van der Waals surface area contributed by atoms with Gasteiger partial charge in [0, 0.05) is 12.2 Å². The van der Waals surface area contributed by atoms with Crippen molar-refractivity contribution in [2.45, 2.75) is 32.0 Å². The van der Waals surface area contributed by atoms with Crippen molar-refractivity contribution in [3.05, 3.63) is 47.5 Å². The number of aromatic nitrogens is 2. The Balaban J connectivity index is 2.41. The van der Waals surface area contributed by atoms with E-state index in [1.54, 1.807) is 0 Å². The minimum atomic E-state index is -4.46. The molecular weight excluding hydrogens is 286 g/mol. The molecule has 0 aliphatic rings. The first-order valence-electron chi connectivity index (χ1n) is 6.47. The summed E-state index contributed by atoms with van der Waals surface area (Å²) in [5.41, 5.74) is 5.92. The van der Waals surface area contributed by atoms with Crippen LogP contribution in [0.1, 0.15) is 24.5 Å². The summed E-state index contributed by atoms with van der Waals surface area (Å²) in [6.45, 7) is 1.89. The van der Waals surface area contributed by atoms with E-state index < -0.39 is 17.6 Å². The summed E-state index contributed by atoms with van der Waals surface area (Å²) in [5.74, 6) is -0.458. The maximum Gasteiger partial charge on any atom is 0.419 e. The van der Waals surface area contributed by atoms with Gasteiger partial charge < -0.3 is 5.73 Å². The summed E-state index contributed by atoms with van der Waals surface area (Å²) < 4.78 is 52.3. The molecule has 2 aromatic rings. The first-order valence-corrected chi connectivity index (χ1v) is 6.47. The highest BCUT2D eigenvalue weighted by Crippen LogP contribution is 2.29. The molecule has 2 N–H and O–H groups in total. The van der Waals surface area contributed by atoms with E-state index in [0.29, 0.717) is 24.1 Å². The molecule has 0 radical (unpaired) electrons. The van der Waals surface area contributed by atoms with Crippen molar-refractivity contribution in [3.8, 4) is 5.69 Å². The van der Waals surface area contributed by atoms with Crippen LogP contribution in [-0.4, -0.2) is 15.8 Å². The van der Waals surface area contributed by atoms with Crippen molar-refractivity contribution >= 4 is 0 Å². The fourth-order valence-electron chi connectivity index (χ4n) is 1.97. The van der Waals surface area contributed by atoms with E-state index >= 15 is 0 Å². The maximum absolute atomic E-state index is 13.4. The highest BCUT2D eigenvalue weighted by atomic mass is 19.4. The summed E-state index contributed by atoms with van der Waals surface area (Å²) in [4.78, 5) is 0. The Hall–Kier alpha value is -1.89. The van der Waals surface area contributed by atoms with Gasteiger partial charge in [0.2, 0.25) is 0 Å². The Bertz CT molecular complexity index is 619. The van der Waals surface area contributed by atoms with Gasteiger partial charge in [0.05, 0.1) is 17.4 Å². The van der Waals surface area contributed by atoms with Crippen LogP contribution in [-0.2, 0) is 12.6 Å². The largest absolute Gasteiger partial charge is 0.419 e. The number of benzene rings is 1. The number of halogens is 4. The molecule has 1 atom stereocenters. The quantitative estimate of drug-likeness (QED) is 0.881. The third-order valence-electron chi connectivity index (χ3n) is 3.20. The van der Waals surface area contributed by atoms with Gasteiger partial charge in [-0.3, -0.25) is 0 Å². The van der Waals surface area contributed by atoms with E-state index in [1.165, 1.54) is 18.2 Å². The molecule has 1 aromatic carbocycles. The predicted octanol–water partition coefficient (Wildman–Crippen LogP) is 3.31. The molecule has 3 nitrogen and oxygen atoms in total. The number of alkyl halides is 3. The van der Waals surface area contributed by atoms with E-state index in [4.69, 9.17) is 5.73 Å². The lowest BCUT2D eigenvalue weighted by atomic mass is 10.0. The fourth-order valence-corrected chi connectivity index (χ4v) is 1.97. The van der Waals surface area contributed by atoms with Crippen LogP contribution >= 0.6 is 0 Å². The van der Waals surface area contributed by atoms with Gasteiger partial charge >= 0.3 is 6.18 Å². The standard InChI is InChI=1S/C14H15F4N3/c1-2-12(19)6-9-5-11(15)3-4-13(9)21-8-10(7-20-21)14(16,17)18/h3-5,7-8,12H,2,6,19H2,1H3. The normalized spacial score (nSPS) is 13.4. The van der Waals surface area contributed by atoms with Crippen molar-refractivity contribution in [1.29, 1.82) is 0 Å². The summed E-state index contributed by atoms with van der Waals surface area (Å²) in [6.07, 6.45) is -1.78. The van der Waals surface area contributed by atoms with Gasteiger partial charge in [-0.2, -0.15) is 18.3 Å². The lowest BCUT2D eigenvalue weighted by molar-refractivity contribution is -0.137. The van der Waals surface area contributed by atoms with Gasteiger partial charge in [-0.05, 0) is 36.6 Å². The molecule has 0 spiro atoms. The second kappa shape index (κ2) is 5.85. The predicted molar refractivity (Wildman–Crippen MR) is 70.5 cm³/mol. The summed E-state index contributed by atoms with van der Waals surface area (Å²) in [7, 11) is 0. The van der Waals surface area contributed by atoms with E-state index in [-0.39, 0.29) is 6.04 Å². The molecule has 0 aliphatic heterocycles. The molecule has 2 rings (SSSR count). The number of hydrogen-bond acceptors (Lipinski definition) is 2. The molecule has 0 fully saturated rings. The van der Waals surface area contributed by atoms with Crippen LogP contribution in [0.25, 0.3) is 5.69 Å². The zero-order valence-corrected chi connectivity index (χ0v) is 11.4. The smallest absolute Gasteiger partial charge is 0.327 e. The second-order valence-corrected chi connectivity index (χ2v) is 4.82. The van der Waals surface area contributed by atoms with Crippen LogP contribution in [0.2, 0.25) is 0 Å². The molecule has 1 heterocycles. The van der Waals surface area contributed by atoms with Gasteiger partial charge in [0.25, 0.3) is 0 Å². The van der Waals surface area contributed by atoms with Crippen LogP contribution in [0.3, 0.4) is 0 Å². The zero-order valence-electron chi connectivity index (χ0n) is 11.4. The van der Waals surface area contributed by atoms with Crippen LogP contribution in [0, 0.1) is 5.82 Å². The summed E-state index contributed by atoms with van der Waals surface area (Å²) >= 11 is 0. The third kappa shape index (κ3) is 3.60. The van der Waals surface area contributed by atoms with E-state index in [0.717, 1.165) is 17.1 Å². The SMILES string of the molecule is CCC(N)Cc1cc(F)ccc1-n1cc(C(F)(F)F)cn1. The minimum absolute atomic E-state index is 0.191. The molecule has 0 saturated heterocycles. The lowest BCUT2D eigenvalue weighted by Gasteiger charge is -2.13. The fraction of sp³-hybridized carbons (Fsp3) is 0.357. The molecule has 0 saturated carbocycles. The zero-order chi connectivity index (χ0) is 15.6. The van der Waals surface area contributed by atoms with E-state index in [2.05, 4.69) is 5.10 Å². The molecule has 0 aliphatic carbocycles. The van der Waals surface area contributed by atoms with Crippen LogP contribution < -0.4 is 5.73 Å². The van der Waals surface area contributed by atoms with Gasteiger partial charge in [-0.15, -0.1) is 0 Å². The van der Waals surface area contributed by atoms with Crippen LogP contribution in [0.5, 0.6) is 0 Å². The third-order valence-corrected chi connectivity index (χ3v) is 3.20. The number of nitrogens with two attached hydrogens (primary N) is 1. The van der Waals surface area contributed by atoms with Crippen molar-refractivity contribution in [1.82, 2.24) is 9.78 Å². The molecule has 0 bridgehead atoms. The molecule has 114 valence electrons. The number of hydrogen-bond donors (Lipinski definition) is 1. The topological polar surface area (TPSA) is 43.8 Å². The van der Waals surface area contributed by atoms with Crippen molar-refractivity contribution < 1.29 is 17.6 Å². The van der Waals surface area contributed by atoms with Crippen LogP contribution in [0.4, 0.5) is 17.6 Å². The molecule has 1 unspecified atom stereocenters. The average molecular weight is 301 g/mol. The number of rotatable bonds is 4. The van der Waals surface area contributed by atoms with E-state index in [9.17, 15) is 17.6 Å². The van der Waals surface area contributed by atoms with Gasteiger partial charge in [0.15, 0.2) is 0 Å². The van der Waals surface area contributed by atoms with E-state index in [1.807, 2.05) is 6.92 Å². The Morgan fingerprint density at radius 3 is 2.62 bits per heavy atom. The van der Waals surface area contributed by atoms with Crippen molar-refractivity contribution in [2.75, 3.05) is 0 Å². The molecule has 0 amide bonds. The van der Waals surface area contributed by atoms with Crippen molar-refractivity contribution in [2.24, 2.45) is 5.73 Å².